The predicted octanol–water partition coefficient (Wildman–Crippen LogP) is 1.20. The molecule has 6 heteroatoms. The summed E-state index contributed by atoms with van der Waals surface area (Å²) in [6, 6.07) is 7.77. The summed E-state index contributed by atoms with van der Waals surface area (Å²) < 4.78 is 5.12. The number of aromatic amines is 1. The maximum Gasteiger partial charge on any atom is 0.268 e. The summed E-state index contributed by atoms with van der Waals surface area (Å²) >= 11 is 0. The van der Waals surface area contributed by atoms with Crippen LogP contribution < -0.4 is 10.7 Å². The van der Waals surface area contributed by atoms with Crippen molar-refractivity contribution in [1.29, 1.82) is 0 Å². The topological polar surface area (TPSA) is 84.1 Å². The van der Waals surface area contributed by atoms with Crippen LogP contribution in [-0.2, 0) is 4.74 Å². The smallest absolute Gasteiger partial charge is 0.268 e. The van der Waals surface area contributed by atoms with Crippen molar-refractivity contribution < 1.29 is 9.53 Å². The Kier molecular flexibility index (Phi) is 4.84. The highest BCUT2D eigenvalue weighted by atomic mass is 16.5. The zero-order chi connectivity index (χ0) is 15.2. The lowest BCUT2D eigenvalue weighted by Gasteiger charge is -2.17. The van der Waals surface area contributed by atoms with Gasteiger partial charge < -0.3 is 15.0 Å². The van der Waals surface area contributed by atoms with Crippen molar-refractivity contribution in [3.63, 3.8) is 0 Å². The van der Waals surface area contributed by atoms with E-state index < -0.39 is 0 Å². The van der Waals surface area contributed by atoms with E-state index in [0.29, 0.717) is 18.0 Å². The van der Waals surface area contributed by atoms with Crippen LogP contribution in [0.2, 0.25) is 0 Å². The lowest BCUT2D eigenvalue weighted by molar-refractivity contribution is 0.0889. The molecular formula is C15H17N3O3. The van der Waals surface area contributed by atoms with Crippen LogP contribution in [0.25, 0.3) is 0 Å². The molecule has 110 valence electrons. The Morgan fingerprint density at radius 2 is 2.24 bits per heavy atom. The number of hydrogen-bond acceptors (Lipinski definition) is 4. The molecule has 2 heterocycles. The van der Waals surface area contributed by atoms with Crippen molar-refractivity contribution >= 4 is 5.91 Å². The van der Waals surface area contributed by atoms with E-state index in [-0.39, 0.29) is 23.1 Å². The van der Waals surface area contributed by atoms with Gasteiger partial charge in [-0.2, -0.15) is 0 Å². The third-order valence-corrected chi connectivity index (χ3v) is 2.91. The summed E-state index contributed by atoms with van der Waals surface area (Å²) in [5, 5.41) is 2.81. The SMILES string of the molecule is COC[C@@H](NC(=O)c1cc(=O)cc(C)[nH]1)c1ccccn1. The van der Waals surface area contributed by atoms with E-state index in [9.17, 15) is 9.59 Å². The number of methoxy groups -OCH3 is 1. The average Bonchev–Trinajstić information content (AvgIpc) is 2.46. The number of ether oxygens (including phenoxy) is 1. The molecule has 0 aliphatic rings. The second kappa shape index (κ2) is 6.81. The van der Waals surface area contributed by atoms with Crippen LogP contribution in [0.1, 0.15) is 27.9 Å². The molecule has 0 aromatic carbocycles. The van der Waals surface area contributed by atoms with Crippen LogP contribution in [0.4, 0.5) is 0 Å². The molecule has 0 spiro atoms. The monoisotopic (exact) mass is 287 g/mol. The summed E-state index contributed by atoms with van der Waals surface area (Å²) in [5.74, 6) is -0.372. The fourth-order valence-electron chi connectivity index (χ4n) is 1.99. The number of pyridine rings is 2. The van der Waals surface area contributed by atoms with Crippen molar-refractivity contribution in [3.8, 4) is 0 Å². The van der Waals surface area contributed by atoms with Gasteiger partial charge in [-0.05, 0) is 19.1 Å². The van der Waals surface area contributed by atoms with Gasteiger partial charge in [-0.1, -0.05) is 6.07 Å². The maximum atomic E-state index is 12.2. The van der Waals surface area contributed by atoms with Gasteiger partial charge in [-0.25, -0.2) is 0 Å². The number of amides is 1. The molecule has 6 nitrogen and oxygen atoms in total. The number of carbonyl (C=O) groups is 1. The normalized spacial score (nSPS) is 11.9. The van der Waals surface area contributed by atoms with Gasteiger partial charge in [0.25, 0.3) is 5.91 Å². The van der Waals surface area contributed by atoms with Gasteiger partial charge in [0, 0.05) is 31.1 Å². The first-order valence-electron chi connectivity index (χ1n) is 6.52. The van der Waals surface area contributed by atoms with Gasteiger partial charge in [0.2, 0.25) is 0 Å². The fourth-order valence-corrected chi connectivity index (χ4v) is 1.99. The summed E-state index contributed by atoms with van der Waals surface area (Å²) in [5.41, 5.74) is 1.34. The van der Waals surface area contributed by atoms with Gasteiger partial charge in [-0.3, -0.25) is 14.6 Å². The molecule has 2 rings (SSSR count). The number of hydrogen-bond donors (Lipinski definition) is 2. The van der Waals surface area contributed by atoms with Crippen molar-refractivity contribution in [3.05, 3.63) is 63.8 Å². The number of nitrogens with one attached hydrogen (secondary N) is 2. The highest BCUT2D eigenvalue weighted by Gasteiger charge is 2.17. The second-order valence-corrected chi connectivity index (χ2v) is 4.65. The van der Waals surface area contributed by atoms with Crippen molar-refractivity contribution in [2.75, 3.05) is 13.7 Å². The first-order chi connectivity index (χ1) is 10.1. The van der Waals surface area contributed by atoms with E-state index in [4.69, 9.17) is 4.74 Å². The molecule has 0 radical (unpaired) electrons. The third-order valence-electron chi connectivity index (χ3n) is 2.91. The molecule has 0 saturated heterocycles. The van der Waals surface area contributed by atoms with Gasteiger partial charge >= 0.3 is 0 Å². The summed E-state index contributed by atoms with van der Waals surface area (Å²) in [7, 11) is 1.55. The fraction of sp³-hybridized carbons (Fsp3) is 0.267. The zero-order valence-electron chi connectivity index (χ0n) is 11.9. The van der Waals surface area contributed by atoms with Crippen LogP contribution in [0.15, 0.2) is 41.3 Å². The molecular weight excluding hydrogens is 270 g/mol. The first kappa shape index (κ1) is 14.9. The van der Waals surface area contributed by atoms with Gasteiger partial charge in [0.05, 0.1) is 18.3 Å². The van der Waals surface area contributed by atoms with Crippen LogP contribution in [-0.4, -0.2) is 29.6 Å². The van der Waals surface area contributed by atoms with E-state index in [1.165, 1.54) is 12.1 Å². The molecule has 2 N–H and O–H groups in total. The van der Waals surface area contributed by atoms with Crippen molar-refractivity contribution in [2.24, 2.45) is 0 Å². The van der Waals surface area contributed by atoms with Crippen LogP contribution in [0.3, 0.4) is 0 Å². The Morgan fingerprint density at radius 3 is 2.86 bits per heavy atom. The summed E-state index contributed by atoms with van der Waals surface area (Å²) in [4.78, 5) is 30.8. The van der Waals surface area contributed by atoms with E-state index in [0.717, 1.165) is 0 Å². The highest BCUT2D eigenvalue weighted by molar-refractivity contribution is 5.92. The lowest BCUT2D eigenvalue weighted by Crippen LogP contribution is -2.33. The van der Waals surface area contributed by atoms with E-state index >= 15 is 0 Å². The molecule has 0 bridgehead atoms. The van der Waals surface area contributed by atoms with Crippen LogP contribution in [0, 0.1) is 6.92 Å². The van der Waals surface area contributed by atoms with E-state index in [2.05, 4.69) is 15.3 Å². The maximum absolute atomic E-state index is 12.2. The largest absolute Gasteiger partial charge is 0.382 e. The van der Waals surface area contributed by atoms with E-state index in [1.54, 1.807) is 26.3 Å². The molecule has 0 unspecified atom stereocenters. The average molecular weight is 287 g/mol. The molecule has 1 atom stereocenters. The minimum Gasteiger partial charge on any atom is -0.382 e. The lowest BCUT2D eigenvalue weighted by atomic mass is 10.2. The van der Waals surface area contributed by atoms with Crippen molar-refractivity contribution in [1.82, 2.24) is 15.3 Å². The van der Waals surface area contributed by atoms with Gasteiger partial charge in [-0.15, -0.1) is 0 Å². The van der Waals surface area contributed by atoms with Crippen LogP contribution in [0.5, 0.6) is 0 Å². The Bertz CT molecular complexity index is 667. The second-order valence-electron chi connectivity index (χ2n) is 4.65. The number of aryl methyl sites for hydroxylation is 1. The number of H-pyrrole nitrogens is 1. The molecule has 0 fully saturated rings. The minimum absolute atomic E-state index is 0.211. The molecule has 2 aromatic heterocycles. The molecule has 2 aromatic rings. The number of rotatable bonds is 5. The molecule has 0 aliphatic heterocycles. The Morgan fingerprint density at radius 1 is 1.43 bits per heavy atom. The predicted molar refractivity (Wildman–Crippen MR) is 78.1 cm³/mol. The summed E-state index contributed by atoms with van der Waals surface area (Å²) in [6.45, 7) is 2.02. The standard InChI is InChI=1S/C15H17N3O3/c1-10-7-11(19)8-13(17-10)15(20)18-14(9-21-2)12-5-3-4-6-16-12/h3-8,14H,9H2,1-2H3,(H,17,19)(H,18,20)/t14-/m1/s1. The minimum atomic E-state index is -0.382. The summed E-state index contributed by atoms with van der Waals surface area (Å²) in [6.07, 6.45) is 1.65. The Labute approximate surface area is 122 Å². The molecule has 21 heavy (non-hydrogen) atoms. The molecule has 0 aliphatic carbocycles. The zero-order valence-corrected chi connectivity index (χ0v) is 11.9. The van der Waals surface area contributed by atoms with Crippen LogP contribution >= 0.6 is 0 Å². The van der Waals surface area contributed by atoms with Gasteiger partial charge in [0.1, 0.15) is 5.69 Å². The van der Waals surface area contributed by atoms with Crippen molar-refractivity contribution in [2.45, 2.75) is 13.0 Å². The van der Waals surface area contributed by atoms with E-state index in [1.807, 2.05) is 12.1 Å². The molecule has 1 amide bonds. The number of carbonyl (C=O) groups excluding carboxylic acids is 1. The highest BCUT2D eigenvalue weighted by Crippen LogP contribution is 2.10. The molecule has 0 saturated carbocycles. The quantitative estimate of drug-likeness (QED) is 0.865. The Balaban J connectivity index is 2.20. The number of nitrogens with zero attached hydrogens (tertiary/aromatic N) is 1. The third kappa shape index (κ3) is 4.00. The number of aromatic nitrogens is 2. The Hall–Kier alpha value is -2.47. The first-order valence-corrected chi connectivity index (χ1v) is 6.52. The van der Waals surface area contributed by atoms with Gasteiger partial charge in [0.15, 0.2) is 5.43 Å².